The number of hydrogen-bond donors (Lipinski definition) is 1. The van der Waals surface area contributed by atoms with Crippen LogP contribution < -0.4 is 20.3 Å². The number of aromatic nitrogens is 1. The zero-order chi connectivity index (χ0) is 19.6. The van der Waals surface area contributed by atoms with Gasteiger partial charge in [-0.15, -0.1) is 11.3 Å². The van der Waals surface area contributed by atoms with Crippen LogP contribution in [-0.2, 0) is 13.1 Å². The third-order valence-electron chi connectivity index (χ3n) is 4.38. The largest absolute Gasteiger partial charge is 0.493 e. The predicted octanol–water partition coefficient (Wildman–Crippen LogP) is 3.34. The van der Waals surface area contributed by atoms with Crippen LogP contribution in [-0.4, -0.2) is 24.7 Å². The minimum atomic E-state index is -0.236. The number of benzene rings is 1. The lowest BCUT2D eigenvalue weighted by Gasteiger charge is -2.14. The Labute approximate surface area is 161 Å². The topological polar surface area (TPSA) is 69.6 Å². The van der Waals surface area contributed by atoms with E-state index in [1.54, 1.807) is 29.7 Å². The van der Waals surface area contributed by atoms with Gasteiger partial charge >= 0.3 is 0 Å². The van der Waals surface area contributed by atoms with Gasteiger partial charge in [0, 0.05) is 23.0 Å². The molecule has 3 rings (SSSR count). The fraction of sp³-hybridized carbons (Fsp3) is 0.300. The van der Waals surface area contributed by atoms with Crippen molar-refractivity contribution in [3.05, 3.63) is 56.1 Å². The maximum Gasteiger partial charge on any atom is 0.258 e. The van der Waals surface area contributed by atoms with E-state index in [1.807, 2.05) is 25.3 Å². The molecule has 2 heterocycles. The van der Waals surface area contributed by atoms with Crippen LogP contribution in [0.2, 0.25) is 0 Å². The van der Waals surface area contributed by atoms with Gasteiger partial charge in [0.25, 0.3) is 11.5 Å². The monoisotopic (exact) mass is 386 g/mol. The van der Waals surface area contributed by atoms with Crippen molar-refractivity contribution in [2.75, 3.05) is 14.2 Å². The number of carbonyl (C=O) groups is 1. The summed E-state index contributed by atoms with van der Waals surface area (Å²) in [4.78, 5) is 26.7. The standard InChI is InChI=1S/C20H22N2O4S/c1-5-22-10-16(19(23)21-9-13-6-12(2)11-27-13)14-7-17(25-3)18(26-4)8-15(14)20(22)24/h6-8,10-11H,5,9H2,1-4H3,(H,21,23). The minimum absolute atomic E-state index is 0.168. The molecule has 0 saturated heterocycles. The van der Waals surface area contributed by atoms with Crippen molar-refractivity contribution in [2.45, 2.75) is 26.9 Å². The molecule has 142 valence electrons. The van der Waals surface area contributed by atoms with E-state index in [-0.39, 0.29) is 11.5 Å². The molecule has 0 saturated carbocycles. The zero-order valence-corrected chi connectivity index (χ0v) is 16.6. The number of nitrogens with one attached hydrogen (secondary N) is 1. The summed E-state index contributed by atoms with van der Waals surface area (Å²) in [6.07, 6.45) is 1.60. The fourth-order valence-electron chi connectivity index (χ4n) is 2.98. The van der Waals surface area contributed by atoms with Gasteiger partial charge in [0.05, 0.1) is 31.7 Å². The number of carbonyl (C=O) groups excluding carboxylic acids is 1. The van der Waals surface area contributed by atoms with Crippen LogP contribution in [0.3, 0.4) is 0 Å². The molecule has 0 aliphatic carbocycles. The second-order valence-electron chi connectivity index (χ2n) is 6.16. The first kappa shape index (κ1) is 19.0. The van der Waals surface area contributed by atoms with Gasteiger partial charge in [0.2, 0.25) is 0 Å². The Morgan fingerprint density at radius 3 is 2.37 bits per heavy atom. The minimum Gasteiger partial charge on any atom is -0.493 e. The van der Waals surface area contributed by atoms with Crippen LogP contribution >= 0.6 is 11.3 Å². The van der Waals surface area contributed by atoms with Crippen molar-refractivity contribution in [2.24, 2.45) is 0 Å². The first-order valence-electron chi connectivity index (χ1n) is 8.59. The Balaban J connectivity index is 2.08. The first-order valence-corrected chi connectivity index (χ1v) is 9.47. The van der Waals surface area contributed by atoms with E-state index in [0.29, 0.717) is 40.9 Å². The molecule has 0 unspecified atom stereocenters. The van der Waals surface area contributed by atoms with Crippen LogP contribution in [0.15, 0.2) is 34.6 Å². The summed E-state index contributed by atoms with van der Waals surface area (Å²) in [5.74, 6) is 0.693. The quantitative estimate of drug-likeness (QED) is 0.705. The maximum absolute atomic E-state index is 12.9. The molecule has 1 amide bonds. The Hall–Kier alpha value is -2.80. The summed E-state index contributed by atoms with van der Waals surface area (Å²) in [6, 6.07) is 5.35. The van der Waals surface area contributed by atoms with Crippen molar-refractivity contribution in [1.29, 1.82) is 0 Å². The van der Waals surface area contributed by atoms with E-state index < -0.39 is 0 Å². The molecule has 1 aromatic carbocycles. The van der Waals surface area contributed by atoms with Crippen molar-refractivity contribution in [3.63, 3.8) is 0 Å². The molecule has 1 N–H and O–H groups in total. The fourth-order valence-corrected chi connectivity index (χ4v) is 3.79. The third-order valence-corrected chi connectivity index (χ3v) is 5.44. The van der Waals surface area contributed by atoms with Gasteiger partial charge in [-0.3, -0.25) is 9.59 Å². The molecule has 0 bridgehead atoms. The summed E-state index contributed by atoms with van der Waals surface area (Å²) >= 11 is 1.60. The lowest BCUT2D eigenvalue weighted by Crippen LogP contribution is -2.27. The average molecular weight is 386 g/mol. The highest BCUT2D eigenvalue weighted by atomic mass is 32.1. The summed E-state index contributed by atoms with van der Waals surface area (Å²) in [6.45, 7) is 4.79. The molecule has 0 spiro atoms. The number of thiophene rings is 1. The Morgan fingerprint density at radius 1 is 1.15 bits per heavy atom. The summed E-state index contributed by atoms with van der Waals surface area (Å²) in [7, 11) is 3.04. The molecule has 0 radical (unpaired) electrons. The predicted molar refractivity (Wildman–Crippen MR) is 107 cm³/mol. The van der Waals surface area contributed by atoms with Gasteiger partial charge in [-0.2, -0.15) is 0 Å². The van der Waals surface area contributed by atoms with Gasteiger partial charge in [0.15, 0.2) is 11.5 Å². The van der Waals surface area contributed by atoms with Crippen LogP contribution in [0.1, 0.15) is 27.7 Å². The number of hydrogen-bond acceptors (Lipinski definition) is 5. The molecular formula is C20H22N2O4S. The van der Waals surface area contributed by atoms with Gasteiger partial charge in [-0.05, 0) is 43.0 Å². The number of fused-ring (bicyclic) bond motifs is 1. The molecule has 0 aliphatic heterocycles. The number of methoxy groups -OCH3 is 2. The molecule has 2 aromatic heterocycles. The number of amides is 1. The number of ether oxygens (including phenoxy) is 2. The lowest BCUT2D eigenvalue weighted by atomic mass is 10.1. The summed E-state index contributed by atoms with van der Waals surface area (Å²) < 4.78 is 12.2. The molecule has 0 atom stereocenters. The molecule has 27 heavy (non-hydrogen) atoms. The van der Waals surface area contributed by atoms with E-state index in [2.05, 4.69) is 5.32 Å². The number of nitrogens with zero attached hydrogens (tertiary/aromatic N) is 1. The zero-order valence-electron chi connectivity index (χ0n) is 15.8. The number of aryl methyl sites for hydroxylation is 2. The average Bonchev–Trinajstić information content (AvgIpc) is 3.10. The number of pyridine rings is 1. The normalized spacial score (nSPS) is 10.8. The maximum atomic E-state index is 12.9. The van der Waals surface area contributed by atoms with E-state index in [1.165, 1.54) is 24.4 Å². The highest BCUT2D eigenvalue weighted by Gasteiger charge is 2.18. The lowest BCUT2D eigenvalue weighted by molar-refractivity contribution is 0.0952. The second-order valence-corrected chi connectivity index (χ2v) is 7.16. The second kappa shape index (κ2) is 7.84. The van der Waals surface area contributed by atoms with Crippen molar-refractivity contribution >= 4 is 28.0 Å². The molecule has 7 heteroatoms. The van der Waals surface area contributed by atoms with Gasteiger partial charge < -0.3 is 19.4 Å². The Kier molecular flexibility index (Phi) is 5.51. The molecular weight excluding hydrogens is 364 g/mol. The van der Waals surface area contributed by atoms with E-state index in [9.17, 15) is 9.59 Å². The SMILES string of the molecule is CCn1cc(C(=O)NCc2cc(C)cs2)c2cc(OC)c(OC)cc2c1=O. The Morgan fingerprint density at radius 2 is 1.81 bits per heavy atom. The van der Waals surface area contributed by atoms with E-state index in [4.69, 9.17) is 9.47 Å². The van der Waals surface area contributed by atoms with Crippen molar-refractivity contribution in [1.82, 2.24) is 9.88 Å². The van der Waals surface area contributed by atoms with Crippen LogP contribution in [0.5, 0.6) is 11.5 Å². The molecule has 6 nitrogen and oxygen atoms in total. The summed E-state index contributed by atoms with van der Waals surface area (Å²) in [5.41, 5.74) is 1.44. The van der Waals surface area contributed by atoms with Crippen LogP contribution in [0.4, 0.5) is 0 Å². The van der Waals surface area contributed by atoms with Crippen molar-refractivity contribution in [3.8, 4) is 11.5 Å². The summed E-state index contributed by atoms with van der Waals surface area (Å²) in [5, 5.41) is 5.96. The molecule has 0 fully saturated rings. The molecule has 3 aromatic rings. The van der Waals surface area contributed by atoms with E-state index in [0.717, 1.165) is 4.88 Å². The van der Waals surface area contributed by atoms with Gasteiger partial charge in [-0.25, -0.2) is 0 Å². The Bertz CT molecular complexity index is 1050. The van der Waals surface area contributed by atoms with E-state index >= 15 is 0 Å². The molecule has 0 aliphatic rings. The number of rotatable bonds is 6. The van der Waals surface area contributed by atoms with Gasteiger partial charge in [0.1, 0.15) is 0 Å². The van der Waals surface area contributed by atoms with Crippen molar-refractivity contribution < 1.29 is 14.3 Å². The van der Waals surface area contributed by atoms with Crippen LogP contribution in [0.25, 0.3) is 10.8 Å². The first-order chi connectivity index (χ1) is 13.0. The highest BCUT2D eigenvalue weighted by molar-refractivity contribution is 7.10. The third kappa shape index (κ3) is 3.68. The smallest absolute Gasteiger partial charge is 0.258 e. The highest BCUT2D eigenvalue weighted by Crippen LogP contribution is 2.32. The van der Waals surface area contributed by atoms with Crippen LogP contribution in [0, 0.1) is 6.92 Å². The van der Waals surface area contributed by atoms with Gasteiger partial charge in [-0.1, -0.05) is 0 Å².